The monoisotopic (exact) mass is 339 g/mol. The molecule has 2 aromatic rings. The molecule has 0 bridgehead atoms. The predicted molar refractivity (Wildman–Crippen MR) is 95.1 cm³/mol. The Balaban J connectivity index is 1.42. The number of fused-ring (bicyclic) bond motifs is 2. The van der Waals surface area contributed by atoms with Gasteiger partial charge in [-0.1, -0.05) is 24.3 Å². The normalized spacial score (nSPS) is 19.0. The van der Waals surface area contributed by atoms with E-state index >= 15 is 0 Å². The summed E-state index contributed by atoms with van der Waals surface area (Å²) in [5.74, 6) is 1.91. The Labute approximate surface area is 148 Å². The molecule has 1 N–H and O–H groups in total. The van der Waals surface area contributed by atoms with Gasteiger partial charge in [0.1, 0.15) is 5.82 Å². The molecule has 1 aliphatic heterocycles. The highest BCUT2D eigenvalue weighted by Crippen LogP contribution is 2.33. The second kappa shape index (κ2) is 6.86. The Morgan fingerprint density at radius 2 is 2.12 bits per heavy atom. The molecule has 0 fully saturated rings. The molecular weight excluding hydrogens is 314 g/mol. The van der Waals surface area contributed by atoms with Gasteiger partial charge in [-0.2, -0.15) is 0 Å². The fraction of sp³-hybridized carbons (Fsp3) is 0.526. The number of hydrogen-bond donors (Lipinski definition) is 1. The van der Waals surface area contributed by atoms with E-state index in [4.69, 9.17) is 0 Å². The van der Waals surface area contributed by atoms with Crippen LogP contribution in [0.3, 0.4) is 0 Å². The van der Waals surface area contributed by atoms with Gasteiger partial charge in [-0.15, -0.1) is 10.2 Å². The van der Waals surface area contributed by atoms with Crippen molar-refractivity contribution in [2.45, 2.75) is 57.7 Å². The van der Waals surface area contributed by atoms with Crippen LogP contribution in [0.15, 0.2) is 24.3 Å². The summed E-state index contributed by atoms with van der Waals surface area (Å²) in [6, 6.07) is 8.57. The van der Waals surface area contributed by atoms with E-state index in [9.17, 15) is 4.79 Å². The lowest BCUT2D eigenvalue weighted by molar-refractivity contribution is 0.183. The molecule has 4 rings (SSSR count). The number of carbonyl (C=O) groups is 1. The lowest BCUT2D eigenvalue weighted by Crippen LogP contribution is -2.40. The van der Waals surface area contributed by atoms with Gasteiger partial charge in [0.2, 0.25) is 0 Å². The van der Waals surface area contributed by atoms with Crippen molar-refractivity contribution >= 4 is 6.03 Å². The van der Waals surface area contributed by atoms with Crippen molar-refractivity contribution in [2.75, 3.05) is 7.05 Å². The smallest absolute Gasteiger partial charge is 0.318 e. The third-order valence-electron chi connectivity index (χ3n) is 5.46. The lowest BCUT2D eigenvalue weighted by Gasteiger charge is -2.33. The quantitative estimate of drug-likeness (QED) is 0.935. The van der Waals surface area contributed by atoms with Crippen molar-refractivity contribution in [1.29, 1.82) is 0 Å². The fourth-order valence-corrected chi connectivity index (χ4v) is 4.05. The number of aryl methyl sites for hydroxylation is 2. The maximum absolute atomic E-state index is 12.7. The van der Waals surface area contributed by atoms with E-state index in [1.807, 2.05) is 11.9 Å². The Bertz CT molecular complexity index is 769. The highest BCUT2D eigenvalue weighted by molar-refractivity contribution is 5.74. The first kappa shape index (κ1) is 16.1. The average molecular weight is 339 g/mol. The van der Waals surface area contributed by atoms with Crippen molar-refractivity contribution < 1.29 is 4.79 Å². The van der Waals surface area contributed by atoms with Crippen LogP contribution < -0.4 is 5.32 Å². The van der Waals surface area contributed by atoms with Crippen molar-refractivity contribution in [2.24, 2.45) is 0 Å². The molecule has 1 aliphatic carbocycles. The van der Waals surface area contributed by atoms with Gasteiger partial charge in [-0.3, -0.25) is 0 Å². The number of amides is 2. The molecule has 6 heteroatoms. The Kier molecular flexibility index (Phi) is 4.42. The third-order valence-corrected chi connectivity index (χ3v) is 5.46. The van der Waals surface area contributed by atoms with E-state index in [0.29, 0.717) is 6.54 Å². The van der Waals surface area contributed by atoms with Gasteiger partial charge >= 0.3 is 6.03 Å². The number of rotatable bonds is 3. The zero-order valence-corrected chi connectivity index (χ0v) is 14.7. The van der Waals surface area contributed by atoms with Crippen LogP contribution in [0.25, 0.3) is 0 Å². The molecule has 0 spiro atoms. The summed E-state index contributed by atoms with van der Waals surface area (Å²) in [6.45, 7) is 1.39. The number of carbonyl (C=O) groups excluding carboxylic acids is 1. The maximum Gasteiger partial charge on any atom is 0.318 e. The topological polar surface area (TPSA) is 63.1 Å². The molecule has 0 saturated heterocycles. The average Bonchev–Trinajstić information content (AvgIpc) is 3.08. The molecule has 2 aliphatic rings. The molecule has 2 amide bonds. The van der Waals surface area contributed by atoms with Crippen molar-refractivity contribution in [1.82, 2.24) is 25.0 Å². The van der Waals surface area contributed by atoms with E-state index < -0.39 is 0 Å². The highest BCUT2D eigenvalue weighted by atomic mass is 16.2. The molecule has 2 heterocycles. The largest absolute Gasteiger partial charge is 0.331 e. The zero-order chi connectivity index (χ0) is 17.2. The van der Waals surface area contributed by atoms with Crippen LogP contribution in [0.4, 0.5) is 4.79 Å². The van der Waals surface area contributed by atoms with Crippen molar-refractivity contribution in [3.8, 4) is 0 Å². The molecule has 1 atom stereocenters. The first-order valence-corrected chi connectivity index (χ1v) is 9.23. The van der Waals surface area contributed by atoms with E-state index in [1.165, 1.54) is 17.5 Å². The standard InChI is InChI=1S/C19H25N5O/c1-23(16-10-6-8-14-7-2-3-9-15(14)16)19(25)20-13-18-22-21-17-11-4-5-12-24(17)18/h2-3,7,9,16H,4-6,8,10-13H2,1H3,(H,20,25)/t16-/m0/s1. The molecule has 25 heavy (non-hydrogen) atoms. The first-order valence-electron chi connectivity index (χ1n) is 9.23. The highest BCUT2D eigenvalue weighted by Gasteiger charge is 2.26. The molecule has 1 aromatic heterocycles. The third kappa shape index (κ3) is 3.13. The zero-order valence-electron chi connectivity index (χ0n) is 14.7. The van der Waals surface area contributed by atoms with Gasteiger partial charge in [0, 0.05) is 20.0 Å². The number of urea groups is 1. The summed E-state index contributed by atoms with van der Waals surface area (Å²) in [5.41, 5.74) is 2.65. The van der Waals surface area contributed by atoms with Gasteiger partial charge in [0.15, 0.2) is 5.82 Å². The molecular formula is C19H25N5O. The summed E-state index contributed by atoms with van der Waals surface area (Å²) in [7, 11) is 1.89. The van der Waals surface area contributed by atoms with Gasteiger partial charge in [0.25, 0.3) is 0 Å². The summed E-state index contributed by atoms with van der Waals surface area (Å²) in [4.78, 5) is 14.5. The van der Waals surface area contributed by atoms with Gasteiger partial charge in [0.05, 0.1) is 12.6 Å². The SMILES string of the molecule is CN(C(=O)NCc1nnc2n1CCCC2)[C@H]1CCCc2ccccc21. The predicted octanol–water partition coefficient (Wildman–Crippen LogP) is 2.83. The van der Waals surface area contributed by atoms with E-state index in [0.717, 1.165) is 50.3 Å². The van der Waals surface area contributed by atoms with Crippen LogP contribution >= 0.6 is 0 Å². The Morgan fingerprint density at radius 3 is 3.04 bits per heavy atom. The second-order valence-corrected chi connectivity index (χ2v) is 7.02. The minimum atomic E-state index is -0.0464. The first-order chi connectivity index (χ1) is 12.2. The van der Waals surface area contributed by atoms with E-state index in [2.05, 4.69) is 44.3 Å². The Morgan fingerprint density at radius 1 is 1.24 bits per heavy atom. The van der Waals surface area contributed by atoms with Crippen LogP contribution in [0, 0.1) is 0 Å². The molecule has 132 valence electrons. The molecule has 0 saturated carbocycles. The summed E-state index contributed by atoms with van der Waals surface area (Å²) in [5, 5.41) is 11.5. The number of nitrogens with zero attached hydrogens (tertiary/aromatic N) is 4. The molecule has 1 aromatic carbocycles. The van der Waals surface area contributed by atoms with Crippen LogP contribution in [-0.2, 0) is 25.9 Å². The van der Waals surface area contributed by atoms with Crippen LogP contribution in [-0.4, -0.2) is 32.7 Å². The fourth-order valence-electron chi connectivity index (χ4n) is 4.05. The van der Waals surface area contributed by atoms with E-state index in [-0.39, 0.29) is 12.1 Å². The maximum atomic E-state index is 12.7. The molecule has 0 unspecified atom stereocenters. The van der Waals surface area contributed by atoms with Crippen molar-refractivity contribution in [3.63, 3.8) is 0 Å². The second-order valence-electron chi connectivity index (χ2n) is 7.02. The van der Waals surface area contributed by atoms with Crippen LogP contribution in [0.2, 0.25) is 0 Å². The minimum absolute atomic E-state index is 0.0464. The number of aromatic nitrogens is 3. The Hall–Kier alpha value is -2.37. The number of hydrogen-bond acceptors (Lipinski definition) is 3. The number of nitrogens with one attached hydrogen (secondary N) is 1. The van der Waals surface area contributed by atoms with Gasteiger partial charge in [-0.05, 0) is 43.2 Å². The van der Waals surface area contributed by atoms with Crippen LogP contribution in [0.1, 0.15) is 54.5 Å². The summed E-state index contributed by atoms with van der Waals surface area (Å²) < 4.78 is 2.15. The van der Waals surface area contributed by atoms with Gasteiger partial charge < -0.3 is 14.8 Å². The van der Waals surface area contributed by atoms with Crippen LogP contribution in [0.5, 0.6) is 0 Å². The summed E-state index contributed by atoms with van der Waals surface area (Å²) >= 11 is 0. The summed E-state index contributed by atoms with van der Waals surface area (Å²) in [6.07, 6.45) is 6.56. The molecule has 0 radical (unpaired) electrons. The van der Waals surface area contributed by atoms with Gasteiger partial charge in [-0.25, -0.2) is 4.79 Å². The van der Waals surface area contributed by atoms with E-state index in [1.54, 1.807) is 0 Å². The molecule has 6 nitrogen and oxygen atoms in total. The van der Waals surface area contributed by atoms with Crippen molar-refractivity contribution in [3.05, 3.63) is 47.0 Å². The lowest BCUT2D eigenvalue weighted by atomic mass is 9.87. The number of benzene rings is 1. The minimum Gasteiger partial charge on any atom is -0.331 e.